The molecular weight excluding hydrogens is 409 g/mol. The molecule has 3 heterocycles. The van der Waals surface area contributed by atoms with Gasteiger partial charge in [-0.2, -0.15) is 13.2 Å². The Morgan fingerprint density at radius 3 is 2.50 bits per heavy atom. The van der Waals surface area contributed by atoms with Gasteiger partial charge in [-0.15, -0.1) is 0 Å². The summed E-state index contributed by atoms with van der Waals surface area (Å²) in [5.74, 6) is -2.06. The van der Waals surface area contributed by atoms with Crippen LogP contribution in [0.3, 0.4) is 0 Å². The minimum atomic E-state index is -5.08. The van der Waals surface area contributed by atoms with E-state index in [-0.39, 0.29) is 18.0 Å². The van der Waals surface area contributed by atoms with E-state index in [0.717, 1.165) is 17.2 Å². The second-order valence-corrected chi connectivity index (χ2v) is 6.22. The summed E-state index contributed by atoms with van der Waals surface area (Å²) in [6.45, 7) is 4.11. The van der Waals surface area contributed by atoms with E-state index in [9.17, 15) is 22.8 Å². The first-order valence-corrected chi connectivity index (χ1v) is 8.62. The number of carbonyl (C=O) groups is 2. The van der Waals surface area contributed by atoms with E-state index in [0.29, 0.717) is 24.2 Å². The molecule has 3 aromatic rings. The zero-order chi connectivity index (χ0) is 22.5. The highest BCUT2D eigenvalue weighted by Crippen LogP contribution is 2.13. The molecule has 0 spiro atoms. The van der Waals surface area contributed by atoms with Gasteiger partial charge in [0.25, 0.3) is 5.56 Å². The molecule has 0 saturated carbocycles. The van der Waals surface area contributed by atoms with Crippen LogP contribution in [0.4, 0.5) is 13.2 Å². The number of nitrogens with zero attached hydrogens (tertiary/aromatic N) is 3. The van der Waals surface area contributed by atoms with Crippen molar-refractivity contribution in [3.05, 3.63) is 51.6 Å². The van der Waals surface area contributed by atoms with Crippen molar-refractivity contribution in [1.29, 1.82) is 0 Å². The zero-order valence-electron chi connectivity index (χ0n) is 16.0. The van der Waals surface area contributed by atoms with Crippen LogP contribution >= 0.6 is 0 Å². The second-order valence-electron chi connectivity index (χ2n) is 6.22. The van der Waals surface area contributed by atoms with E-state index in [4.69, 9.17) is 9.90 Å². The molecule has 10 nitrogen and oxygen atoms in total. The molecular formula is C17H19F3N6O4. The van der Waals surface area contributed by atoms with Crippen molar-refractivity contribution in [1.82, 2.24) is 29.9 Å². The Morgan fingerprint density at radius 1 is 1.27 bits per heavy atom. The number of carboxylic acid groups (broad SMARTS) is 1. The Kier molecular flexibility index (Phi) is 6.97. The number of aryl methyl sites for hydroxylation is 3. The van der Waals surface area contributed by atoms with Crippen LogP contribution in [0.1, 0.15) is 29.3 Å². The van der Waals surface area contributed by atoms with E-state index >= 15 is 0 Å². The predicted octanol–water partition coefficient (Wildman–Crippen LogP) is 1.24. The highest BCUT2D eigenvalue weighted by atomic mass is 19.4. The first kappa shape index (κ1) is 22.6. The Morgan fingerprint density at radius 2 is 1.93 bits per heavy atom. The minimum absolute atomic E-state index is 0.104. The molecule has 4 N–H and O–H groups in total. The lowest BCUT2D eigenvalue weighted by molar-refractivity contribution is -0.192. The summed E-state index contributed by atoms with van der Waals surface area (Å²) < 4.78 is 33.1. The average molecular weight is 428 g/mol. The van der Waals surface area contributed by atoms with Crippen LogP contribution in [-0.4, -0.2) is 47.7 Å². The Labute approximate surface area is 167 Å². The normalized spacial score (nSPS) is 11.1. The summed E-state index contributed by atoms with van der Waals surface area (Å²) in [5, 5.41) is 12.7. The second kappa shape index (κ2) is 9.24. The maximum absolute atomic E-state index is 11.9. The number of aliphatic carboxylic acids is 1. The standard InChI is InChI=1S/C15H18N6O2.C2HF3O2/c1-9-10(2)19-12(18-9)3-4-14(22)16-8-11-7-15(23)21-13(20-11)5-6-17-21;3-2(4,5)1(6)7/h5-7,17H,3-4,8H2,1-2H3,(H,16,22)(H,18,19);(H,6,7). The van der Waals surface area contributed by atoms with Crippen LogP contribution in [-0.2, 0) is 22.6 Å². The highest BCUT2D eigenvalue weighted by Gasteiger charge is 2.38. The molecule has 13 heteroatoms. The molecule has 0 aliphatic heterocycles. The van der Waals surface area contributed by atoms with Crippen LogP contribution in [0.2, 0.25) is 0 Å². The summed E-state index contributed by atoms with van der Waals surface area (Å²) in [4.78, 5) is 44.4. The molecule has 3 rings (SSSR count). The third-order valence-electron chi connectivity index (χ3n) is 3.91. The predicted molar refractivity (Wildman–Crippen MR) is 97.7 cm³/mol. The van der Waals surface area contributed by atoms with Gasteiger partial charge in [-0.25, -0.2) is 19.3 Å². The van der Waals surface area contributed by atoms with Crippen LogP contribution < -0.4 is 10.9 Å². The smallest absolute Gasteiger partial charge is 0.475 e. The molecule has 0 atom stereocenters. The number of alkyl halides is 3. The van der Waals surface area contributed by atoms with Gasteiger partial charge in [0.05, 0.1) is 17.9 Å². The Balaban J connectivity index is 0.000000396. The lowest BCUT2D eigenvalue weighted by Gasteiger charge is -2.04. The van der Waals surface area contributed by atoms with E-state index < -0.39 is 12.1 Å². The quantitative estimate of drug-likeness (QED) is 0.481. The Hall–Kier alpha value is -3.64. The summed E-state index contributed by atoms with van der Waals surface area (Å²) in [6.07, 6.45) is -2.56. The van der Waals surface area contributed by atoms with Gasteiger partial charge < -0.3 is 15.4 Å². The number of imidazole rings is 1. The van der Waals surface area contributed by atoms with E-state index in [1.165, 1.54) is 10.6 Å². The summed E-state index contributed by atoms with van der Waals surface area (Å²) >= 11 is 0. The fourth-order valence-electron chi connectivity index (χ4n) is 2.32. The fourth-order valence-corrected chi connectivity index (χ4v) is 2.32. The monoisotopic (exact) mass is 428 g/mol. The molecule has 162 valence electrons. The van der Waals surface area contributed by atoms with Crippen molar-refractivity contribution in [3.63, 3.8) is 0 Å². The summed E-state index contributed by atoms with van der Waals surface area (Å²) in [5.41, 5.74) is 2.83. The Bertz CT molecular complexity index is 1080. The molecule has 0 bridgehead atoms. The third-order valence-corrected chi connectivity index (χ3v) is 3.91. The zero-order valence-corrected chi connectivity index (χ0v) is 16.0. The molecule has 3 aromatic heterocycles. The molecule has 0 fully saturated rings. The number of aromatic nitrogens is 5. The van der Waals surface area contributed by atoms with Crippen molar-refractivity contribution in [2.75, 3.05) is 0 Å². The number of halogens is 3. The van der Waals surface area contributed by atoms with E-state index in [1.54, 1.807) is 12.3 Å². The number of hydrogen-bond acceptors (Lipinski definition) is 5. The van der Waals surface area contributed by atoms with Gasteiger partial charge in [-0.1, -0.05) is 0 Å². The van der Waals surface area contributed by atoms with Crippen LogP contribution in [0.5, 0.6) is 0 Å². The number of fused-ring (bicyclic) bond motifs is 1. The van der Waals surface area contributed by atoms with Crippen LogP contribution in [0, 0.1) is 13.8 Å². The number of H-pyrrole nitrogens is 2. The number of nitrogens with one attached hydrogen (secondary N) is 3. The van der Waals surface area contributed by atoms with Crippen molar-refractivity contribution in [2.45, 2.75) is 39.4 Å². The molecule has 0 saturated heterocycles. The van der Waals surface area contributed by atoms with Gasteiger partial charge in [0.15, 0.2) is 5.65 Å². The SMILES string of the molecule is Cc1nc(CCC(=O)NCc2cc(=O)n3[nH]ccc3n2)[nH]c1C.O=C(O)C(F)(F)F. The lowest BCUT2D eigenvalue weighted by atomic mass is 10.3. The van der Waals surface area contributed by atoms with E-state index in [2.05, 4.69) is 25.4 Å². The molecule has 0 aromatic carbocycles. The van der Waals surface area contributed by atoms with Crippen molar-refractivity contribution < 1.29 is 27.9 Å². The van der Waals surface area contributed by atoms with Crippen molar-refractivity contribution in [3.8, 4) is 0 Å². The molecule has 0 radical (unpaired) electrons. The number of rotatable bonds is 5. The number of carboxylic acids is 1. The summed E-state index contributed by atoms with van der Waals surface area (Å²) in [7, 11) is 0. The molecule has 0 aliphatic carbocycles. The minimum Gasteiger partial charge on any atom is -0.475 e. The van der Waals surface area contributed by atoms with Gasteiger partial charge in [0.1, 0.15) is 5.82 Å². The third kappa shape index (κ3) is 6.18. The van der Waals surface area contributed by atoms with Gasteiger partial charge >= 0.3 is 12.1 Å². The maximum Gasteiger partial charge on any atom is 0.490 e. The molecule has 1 amide bonds. The van der Waals surface area contributed by atoms with Gasteiger partial charge in [-0.3, -0.25) is 14.7 Å². The molecule has 30 heavy (non-hydrogen) atoms. The summed E-state index contributed by atoms with van der Waals surface area (Å²) in [6, 6.07) is 3.11. The van der Waals surface area contributed by atoms with Gasteiger partial charge in [0, 0.05) is 36.9 Å². The van der Waals surface area contributed by atoms with Gasteiger partial charge in [-0.05, 0) is 13.8 Å². The van der Waals surface area contributed by atoms with Crippen LogP contribution in [0.15, 0.2) is 23.1 Å². The number of hydrogen-bond donors (Lipinski definition) is 4. The topological polar surface area (TPSA) is 145 Å². The molecule has 0 unspecified atom stereocenters. The van der Waals surface area contributed by atoms with Gasteiger partial charge in [0.2, 0.25) is 5.91 Å². The number of aromatic amines is 2. The van der Waals surface area contributed by atoms with Crippen LogP contribution in [0.25, 0.3) is 5.65 Å². The number of carbonyl (C=O) groups excluding carboxylic acids is 1. The van der Waals surface area contributed by atoms with Crippen molar-refractivity contribution >= 4 is 17.5 Å². The number of amides is 1. The lowest BCUT2D eigenvalue weighted by Crippen LogP contribution is -2.25. The first-order chi connectivity index (χ1) is 14.0. The van der Waals surface area contributed by atoms with Crippen molar-refractivity contribution in [2.24, 2.45) is 0 Å². The largest absolute Gasteiger partial charge is 0.490 e. The van der Waals surface area contributed by atoms with E-state index in [1.807, 2.05) is 13.8 Å². The maximum atomic E-state index is 11.9. The highest BCUT2D eigenvalue weighted by molar-refractivity contribution is 5.76. The first-order valence-electron chi connectivity index (χ1n) is 8.62. The fraction of sp³-hybridized carbons (Fsp3) is 0.353. The molecule has 0 aliphatic rings. The average Bonchev–Trinajstić information content (AvgIpc) is 3.25.